The fraction of sp³-hybridized carbons (Fsp3) is 0.381. The smallest absolute Gasteiger partial charge is 0.240 e. The highest BCUT2D eigenvalue weighted by molar-refractivity contribution is 14.0. The second-order valence-electron chi connectivity index (χ2n) is 6.96. The van der Waals surface area contributed by atoms with E-state index in [1.165, 1.54) is 12.7 Å². The maximum absolute atomic E-state index is 12.0. The Morgan fingerprint density at radius 3 is 2.63 bits per heavy atom. The standard InChI is InChI=1S/C21H29N5O2S.HI/c1-3-23-21(24-15-17-8-7-11-20(14-17)29(27,28)22-2)25-18-12-13-26(16-18)19-9-5-4-6-10-19;/h4-11,14,18,22H,3,12-13,15-16H2,1-2H3,(H2,23,24,25);1H. The topological polar surface area (TPSA) is 85.8 Å². The number of hydrogen-bond acceptors (Lipinski definition) is 4. The highest BCUT2D eigenvalue weighted by Gasteiger charge is 2.23. The lowest BCUT2D eigenvalue weighted by Gasteiger charge is -2.20. The predicted molar refractivity (Wildman–Crippen MR) is 133 cm³/mol. The maximum atomic E-state index is 12.0. The zero-order chi connectivity index (χ0) is 20.7. The Balaban J connectivity index is 0.00000320. The number of benzene rings is 2. The van der Waals surface area contributed by atoms with Gasteiger partial charge in [-0.05, 0) is 50.2 Å². The molecular formula is C21H30IN5O2S. The van der Waals surface area contributed by atoms with Crippen molar-refractivity contribution in [3.8, 4) is 0 Å². The van der Waals surface area contributed by atoms with Gasteiger partial charge in [0.15, 0.2) is 5.96 Å². The lowest BCUT2D eigenvalue weighted by Crippen LogP contribution is -2.44. The quantitative estimate of drug-likeness (QED) is 0.284. The summed E-state index contributed by atoms with van der Waals surface area (Å²) in [5.41, 5.74) is 2.08. The van der Waals surface area contributed by atoms with Crippen LogP contribution in [-0.4, -0.2) is 47.1 Å². The average Bonchev–Trinajstić information content (AvgIpc) is 3.21. The first-order valence-electron chi connectivity index (χ1n) is 9.89. The van der Waals surface area contributed by atoms with Gasteiger partial charge in [-0.15, -0.1) is 24.0 Å². The summed E-state index contributed by atoms with van der Waals surface area (Å²) >= 11 is 0. The molecule has 0 spiro atoms. The van der Waals surface area contributed by atoms with Crippen LogP contribution in [-0.2, 0) is 16.6 Å². The molecule has 1 heterocycles. The first-order valence-corrected chi connectivity index (χ1v) is 11.4. The number of nitrogens with one attached hydrogen (secondary N) is 3. The summed E-state index contributed by atoms with van der Waals surface area (Å²) in [5, 5.41) is 6.79. The minimum atomic E-state index is -3.46. The van der Waals surface area contributed by atoms with Gasteiger partial charge >= 0.3 is 0 Å². The number of sulfonamides is 1. The monoisotopic (exact) mass is 543 g/mol. The number of para-hydroxylation sites is 1. The van der Waals surface area contributed by atoms with Crippen molar-refractivity contribution in [2.75, 3.05) is 31.6 Å². The molecule has 30 heavy (non-hydrogen) atoms. The number of rotatable bonds is 7. The average molecular weight is 543 g/mol. The van der Waals surface area contributed by atoms with Crippen LogP contribution in [0, 0.1) is 0 Å². The molecule has 7 nitrogen and oxygen atoms in total. The minimum absolute atomic E-state index is 0. The number of halogens is 1. The largest absolute Gasteiger partial charge is 0.369 e. The molecule has 1 atom stereocenters. The predicted octanol–water partition coefficient (Wildman–Crippen LogP) is 2.55. The molecule has 0 saturated carbocycles. The van der Waals surface area contributed by atoms with Crippen molar-refractivity contribution in [3.05, 3.63) is 60.2 Å². The van der Waals surface area contributed by atoms with Crippen LogP contribution in [0.2, 0.25) is 0 Å². The molecule has 1 saturated heterocycles. The third-order valence-electron chi connectivity index (χ3n) is 4.89. The van der Waals surface area contributed by atoms with Crippen molar-refractivity contribution in [2.45, 2.75) is 30.8 Å². The second-order valence-corrected chi connectivity index (χ2v) is 8.85. The van der Waals surface area contributed by atoms with E-state index in [2.05, 4.69) is 49.5 Å². The van der Waals surface area contributed by atoms with Gasteiger partial charge in [0.2, 0.25) is 10.0 Å². The normalized spacial score (nSPS) is 16.8. The molecule has 1 aliphatic rings. The summed E-state index contributed by atoms with van der Waals surface area (Å²) in [6.45, 7) is 5.12. The zero-order valence-electron chi connectivity index (χ0n) is 17.3. The Labute approximate surface area is 196 Å². The van der Waals surface area contributed by atoms with Gasteiger partial charge in [0.1, 0.15) is 0 Å². The van der Waals surface area contributed by atoms with Crippen LogP contribution in [0.3, 0.4) is 0 Å². The summed E-state index contributed by atoms with van der Waals surface area (Å²) in [7, 11) is -2.05. The molecule has 0 aromatic heterocycles. The van der Waals surface area contributed by atoms with Crippen LogP contribution in [0.1, 0.15) is 18.9 Å². The minimum Gasteiger partial charge on any atom is -0.369 e. The highest BCUT2D eigenvalue weighted by Crippen LogP contribution is 2.19. The van der Waals surface area contributed by atoms with Gasteiger partial charge in [0, 0.05) is 31.4 Å². The van der Waals surface area contributed by atoms with Crippen LogP contribution in [0.15, 0.2) is 64.5 Å². The van der Waals surface area contributed by atoms with E-state index in [0.717, 1.165) is 37.6 Å². The Bertz CT molecular complexity index is 937. The highest BCUT2D eigenvalue weighted by atomic mass is 127. The second kappa shape index (κ2) is 11.5. The van der Waals surface area contributed by atoms with E-state index in [0.29, 0.717) is 12.6 Å². The number of nitrogens with zero attached hydrogens (tertiary/aromatic N) is 2. The Kier molecular flexibility index (Phi) is 9.37. The van der Waals surface area contributed by atoms with Crippen molar-refractivity contribution in [1.82, 2.24) is 15.4 Å². The van der Waals surface area contributed by atoms with Crippen molar-refractivity contribution in [1.29, 1.82) is 0 Å². The van der Waals surface area contributed by atoms with Crippen molar-refractivity contribution in [3.63, 3.8) is 0 Å². The summed E-state index contributed by atoms with van der Waals surface area (Å²) in [6.07, 6.45) is 1.04. The van der Waals surface area contributed by atoms with E-state index in [-0.39, 0.29) is 28.9 Å². The van der Waals surface area contributed by atoms with E-state index in [1.54, 1.807) is 18.2 Å². The van der Waals surface area contributed by atoms with E-state index in [4.69, 9.17) is 0 Å². The Morgan fingerprint density at radius 2 is 1.93 bits per heavy atom. The third kappa shape index (κ3) is 6.58. The fourth-order valence-electron chi connectivity index (χ4n) is 3.36. The SMILES string of the molecule is CCNC(=NCc1cccc(S(=O)(=O)NC)c1)NC1CCN(c2ccccc2)C1.I. The van der Waals surface area contributed by atoms with Crippen LogP contribution >= 0.6 is 24.0 Å². The van der Waals surface area contributed by atoms with Crippen LogP contribution in [0.5, 0.6) is 0 Å². The zero-order valence-corrected chi connectivity index (χ0v) is 20.5. The van der Waals surface area contributed by atoms with Gasteiger partial charge in [-0.2, -0.15) is 0 Å². The van der Waals surface area contributed by atoms with Crippen LogP contribution in [0.25, 0.3) is 0 Å². The molecule has 164 valence electrons. The fourth-order valence-corrected chi connectivity index (χ4v) is 4.16. The molecular weight excluding hydrogens is 513 g/mol. The molecule has 1 unspecified atom stereocenters. The molecule has 2 aromatic rings. The van der Waals surface area contributed by atoms with Gasteiger partial charge in [-0.25, -0.2) is 18.1 Å². The molecule has 1 fully saturated rings. The molecule has 0 aliphatic carbocycles. The van der Waals surface area contributed by atoms with Crippen molar-refractivity contribution in [2.24, 2.45) is 4.99 Å². The molecule has 2 aromatic carbocycles. The first-order chi connectivity index (χ1) is 14.0. The van der Waals surface area contributed by atoms with Crippen LogP contribution in [0.4, 0.5) is 5.69 Å². The number of hydrogen-bond donors (Lipinski definition) is 3. The lowest BCUT2D eigenvalue weighted by atomic mass is 10.2. The molecule has 3 rings (SSSR count). The van der Waals surface area contributed by atoms with E-state index in [1.807, 2.05) is 19.1 Å². The lowest BCUT2D eigenvalue weighted by molar-refractivity contribution is 0.588. The van der Waals surface area contributed by atoms with Gasteiger partial charge < -0.3 is 15.5 Å². The maximum Gasteiger partial charge on any atom is 0.240 e. The van der Waals surface area contributed by atoms with E-state index >= 15 is 0 Å². The van der Waals surface area contributed by atoms with Gasteiger partial charge in [-0.3, -0.25) is 0 Å². The summed E-state index contributed by atoms with van der Waals surface area (Å²) in [6, 6.07) is 17.6. The molecule has 0 amide bonds. The molecule has 3 N–H and O–H groups in total. The first kappa shape index (κ1) is 24.4. The molecule has 1 aliphatic heterocycles. The van der Waals surface area contributed by atoms with Crippen molar-refractivity contribution >= 4 is 45.6 Å². The summed E-state index contributed by atoms with van der Waals surface area (Å²) in [5.74, 6) is 0.745. The number of anilines is 1. The summed E-state index contributed by atoms with van der Waals surface area (Å²) in [4.78, 5) is 7.27. The molecule has 0 radical (unpaired) electrons. The van der Waals surface area contributed by atoms with E-state index in [9.17, 15) is 8.42 Å². The molecule has 0 bridgehead atoms. The summed E-state index contributed by atoms with van der Waals surface area (Å²) < 4.78 is 26.3. The Morgan fingerprint density at radius 1 is 1.17 bits per heavy atom. The van der Waals surface area contributed by atoms with Gasteiger partial charge in [0.05, 0.1) is 11.4 Å². The number of guanidine groups is 1. The third-order valence-corrected chi connectivity index (χ3v) is 6.30. The van der Waals surface area contributed by atoms with Gasteiger partial charge in [-0.1, -0.05) is 30.3 Å². The molecule has 9 heteroatoms. The van der Waals surface area contributed by atoms with Gasteiger partial charge in [0.25, 0.3) is 0 Å². The number of aliphatic imine (C=N–C) groups is 1. The van der Waals surface area contributed by atoms with Crippen molar-refractivity contribution < 1.29 is 8.42 Å². The Hall–Kier alpha value is -1.85. The van der Waals surface area contributed by atoms with E-state index < -0.39 is 10.0 Å². The van der Waals surface area contributed by atoms with Crippen LogP contribution < -0.4 is 20.3 Å².